The first kappa shape index (κ1) is 17.1. The summed E-state index contributed by atoms with van der Waals surface area (Å²) < 4.78 is 12.3. The molecule has 0 aliphatic rings. The smallest absolute Gasteiger partial charge is 0.358 e. The number of rotatable bonds is 8. The molecule has 0 spiro atoms. The zero-order chi connectivity index (χ0) is 15.8. The molecule has 1 aromatic heterocycles. The number of carboxylic acid groups (broad SMARTS) is 1. The Hall–Kier alpha value is -1.97. The van der Waals surface area contributed by atoms with E-state index in [0.717, 1.165) is 0 Å². The van der Waals surface area contributed by atoms with Gasteiger partial charge in [-0.25, -0.2) is 14.3 Å². The predicted octanol–water partition coefficient (Wildman–Crippen LogP) is -0.567. The van der Waals surface area contributed by atoms with E-state index in [1.807, 2.05) is 6.92 Å². The Balaban J connectivity index is 2.23. The number of hydrogen-bond donors (Lipinski definition) is 3. The summed E-state index contributed by atoms with van der Waals surface area (Å²) in [6.07, 6.45) is 3.55. The molecular formula is C11H19N5O4S. The summed E-state index contributed by atoms with van der Waals surface area (Å²) in [5, 5.41) is 21.1. The highest BCUT2D eigenvalue weighted by Gasteiger charge is 2.09. The maximum atomic E-state index is 11.6. The number of carboxylic acids is 1. The molecule has 118 valence electrons. The van der Waals surface area contributed by atoms with E-state index in [9.17, 15) is 13.8 Å². The van der Waals surface area contributed by atoms with Crippen LogP contribution in [0.3, 0.4) is 0 Å². The molecule has 2 unspecified atom stereocenters. The van der Waals surface area contributed by atoms with E-state index in [4.69, 9.17) is 5.11 Å². The van der Waals surface area contributed by atoms with E-state index in [1.54, 1.807) is 6.26 Å². The van der Waals surface area contributed by atoms with Crippen LogP contribution in [0.4, 0.5) is 4.79 Å². The number of urea groups is 1. The zero-order valence-electron chi connectivity index (χ0n) is 11.9. The van der Waals surface area contributed by atoms with Gasteiger partial charge in [0.2, 0.25) is 0 Å². The molecule has 2 amide bonds. The van der Waals surface area contributed by atoms with E-state index in [-0.39, 0.29) is 17.8 Å². The third-order valence-corrected chi connectivity index (χ3v) is 3.41. The minimum atomic E-state index is -1.14. The van der Waals surface area contributed by atoms with Crippen LogP contribution in [0.1, 0.15) is 23.8 Å². The lowest BCUT2D eigenvalue weighted by atomic mass is 10.3. The van der Waals surface area contributed by atoms with Crippen molar-refractivity contribution in [1.82, 2.24) is 25.6 Å². The highest BCUT2D eigenvalue weighted by Crippen LogP contribution is 1.93. The van der Waals surface area contributed by atoms with Crippen molar-refractivity contribution in [3.63, 3.8) is 0 Å². The number of nitrogens with one attached hydrogen (secondary N) is 2. The maximum absolute atomic E-state index is 11.6. The van der Waals surface area contributed by atoms with Gasteiger partial charge in [0.15, 0.2) is 5.69 Å². The van der Waals surface area contributed by atoms with Gasteiger partial charge in [0.1, 0.15) is 0 Å². The van der Waals surface area contributed by atoms with Crippen LogP contribution in [-0.2, 0) is 17.3 Å². The Labute approximate surface area is 124 Å². The highest BCUT2D eigenvalue weighted by atomic mass is 32.2. The topological polar surface area (TPSA) is 126 Å². The highest BCUT2D eigenvalue weighted by molar-refractivity contribution is 7.84. The van der Waals surface area contributed by atoms with Crippen LogP contribution >= 0.6 is 0 Å². The van der Waals surface area contributed by atoms with Gasteiger partial charge in [0, 0.05) is 35.4 Å². The van der Waals surface area contributed by atoms with Gasteiger partial charge < -0.3 is 15.7 Å². The van der Waals surface area contributed by atoms with Crippen LogP contribution < -0.4 is 10.6 Å². The number of carbonyl (C=O) groups is 2. The summed E-state index contributed by atoms with van der Waals surface area (Å²) in [7, 11) is -0.871. The third-order valence-electron chi connectivity index (χ3n) is 2.60. The van der Waals surface area contributed by atoms with Crippen LogP contribution in [0, 0.1) is 0 Å². The Kier molecular flexibility index (Phi) is 6.79. The average molecular weight is 317 g/mol. The van der Waals surface area contributed by atoms with Crippen LogP contribution in [-0.4, -0.2) is 60.9 Å². The number of aromatic carboxylic acids is 1. The fraction of sp³-hybridized carbons (Fsp3) is 0.636. The lowest BCUT2D eigenvalue weighted by Crippen LogP contribution is -2.42. The second-order valence-electron chi connectivity index (χ2n) is 4.54. The van der Waals surface area contributed by atoms with Crippen LogP contribution in [0.25, 0.3) is 0 Å². The predicted molar refractivity (Wildman–Crippen MR) is 76.5 cm³/mol. The molecule has 3 N–H and O–H groups in total. The Morgan fingerprint density at radius 2 is 2.24 bits per heavy atom. The fourth-order valence-corrected chi connectivity index (χ4v) is 2.16. The van der Waals surface area contributed by atoms with Gasteiger partial charge in [-0.05, 0) is 13.3 Å². The molecule has 10 heteroatoms. The van der Waals surface area contributed by atoms with Crippen molar-refractivity contribution < 1.29 is 18.9 Å². The van der Waals surface area contributed by atoms with Crippen molar-refractivity contribution in [3.05, 3.63) is 11.9 Å². The summed E-state index contributed by atoms with van der Waals surface area (Å²) in [6.45, 7) is 2.45. The van der Waals surface area contributed by atoms with Crippen molar-refractivity contribution in [2.45, 2.75) is 25.9 Å². The lowest BCUT2D eigenvalue weighted by Gasteiger charge is -2.13. The molecule has 9 nitrogen and oxygen atoms in total. The van der Waals surface area contributed by atoms with Gasteiger partial charge in [-0.1, -0.05) is 5.21 Å². The molecule has 0 fully saturated rings. The summed E-state index contributed by atoms with van der Waals surface area (Å²) >= 11 is 0. The minimum Gasteiger partial charge on any atom is -0.476 e. The summed E-state index contributed by atoms with van der Waals surface area (Å²) in [5.74, 6) is -0.604. The normalized spacial score (nSPS) is 13.4. The van der Waals surface area contributed by atoms with Crippen molar-refractivity contribution in [1.29, 1.82) is 0 Å². The number of amides is 2. The van der Waals surface area contributed by atoms with E-state index in [1.165, 1.54) is 10.9 Å². The second-order valence-corrected chi connectivity index (χ2v) is 6.09. The molecule has 21 heavy (non-hydrogen) atoms. The third kappa shape index (κ3) is 6.84. The molecule has 0 saturated carbocycles. The molecule has 1 rings (SSSR count). The van der Waals surface area contributed by atoms with E-state index < -0.39 is 16.8 Å². The Bertz CT molecular complexity index is 518. The quantitative estimate of drug-likeness (QED) is 0.589. The van der Waals surface area contributed by atoms with E-state index in [2.05, 4.69) is 20.9 Å². The number of hydrogen-bond acceptors (Lipinski definition) is 5. The first-order valence-corrected chi connectivity index (χ1v) is 8.09. The molecule has 1 heterocycles. The Morgan fingerprint density at radius 1 is 1.52 bits per heavy atom. The fourth-order valence-electron chi connectivity index (χ4n) is 1.48. The van der Waals surface area contributed by atoms with E-state index >= 15 is 0 Å². The van der Waals surface area contributed by atoms with Crippen LogP contribution in [0.2, 0.25) is 0 Å². The van der Waals surface area contributed by atoms with E-state index in [0.29, 0.717) is 25.3 Å². The van der Waals surface area contributed by atoms with Crippen molar-refractivity contribution in [2.24, 2.45) is 0 Å². The van der Waals surface area contributed by atoms with Crippen LogP contribution in [0.5, 0.6) is 0 Å². The summed E-state index contributed by atoms with van der Waals surface area (Å²) in [4.78, 5) is 22.2. The second kappa shape index (κ2) is 8.35. The molecule has 0 bridgehead atoms. The first-order valence-electron chi connectivity index (χ1n) is 6.36. The standard InChI is InChI=1S/C11H19N5O4S/c1-8(3-6-21(2)20)13-11(19)12-4-5-16-7-9(10(17)18)14-15-16/h7-8H,3-6H2,1-2H3,(H,17,18)(H2,12,13,19). The van der Waals surface area contributed by atoms with Gasteiger partial charge in [0.05, 0.1) is 12.7 Å². The molecule has 0 aliphatic carbocycles. The number of nitrogens with zero attached hydrogens (tertiary/aromatic N) is 3. The number of carbonyl (C=O) groups excluding carboxylic acids is 1. The van der Waals surface area contributed by atoms with Gasteiger partial charge >= 0.3 is 12.0 Å². The largest absolute Gasteiger partial charge is 0.476 e. The molecule has 2 atom stereocenters. The summed E-state index contributed by atoms with van der Waals surface area (Å²) in [5.41, 5.74) is -0.138. The lowest BCUT2D eigenvalue weighted by molar-refractivity contribution is 0.0690. The molecule has 0 aromatic carbocycles. The van der Waals surface area contributed by atoms with Gasteiger partial charge in [-0.2, -0.15) is 0 Å². The number of aromatic nitrogens is 3. The van der Waals surface area contributed by atoms with Gasteiger partial charge in [-0.15, -0.1) is 5.10 Å². The monoisotopic (exact) mass is 317 g/mol. The van der Waals surface area contributed by atoms with Crippen molar-refractivity contribution in [3.8, 4) is 0 Å². The average Bonchev–Trinajstić information content (AvgIpc) is 2.85. The Morgan fingerprint density at radius 3 is 2.81 bits per heavy atom. The van der Waals surface area contributed by atoms with Crippen LogP contribution in [0.15, 0.2) is 6.20 Å². The SMILES string of the molecule is CC(CCS(C)=O)NC(=O)NCCn1cc(C(=O)O)nn1. The summed E-state index contributed by atoms with van der Waals surface area (Å²) in [6, 6.07) is -0.401. The molecular weight excluding hydrogens is 298 g/mol. The van der Waals surface area contributed by atoms with Crippen molar-refractivity contribution >= 4 is 22.8 Å². The maximum Gasteiger partial charge on any atom is 0.358 e. The molecule has 0 saturated heterocycles. The molecule has 0 aliphatic heterocycles. The zero-order valence-corrected chi connectivity index (χ0v) is 12.7. The first-order chi connectivity index (χ1) is 9.88. The molecule has 0 radical (unpaired) electrons. The van der Waals surface area contributed by atoms with Crippen molar-refractivity contribution in [2.75, 3.05) is 18.6 Å². The molecule has 1 aromatic rings. The van der Waals surface area contributed by atoms with Gasteiger partial charge in [0.25, 0.3) is 0 Å². The van der Waals surface area contributed by atoms with Gasteiger partial charge in [-0.3, -0.25) is 4.21 Å². The minimum absolute atomic E-state index is 0.0705.